The van der Waals surface area contributed by atoms with Gasteiger partial charge in [0, 0.05) is 12.8 Å². The number of hydrogen-bond donors (Lipinski definition) is 3. The third kappa shape index (κ3) is 4.52. The number of aromatic nitrogens is 3. The molecule has 4 N–H and O–H groups in total. The highest BCUT2D eigenvalue weighted by atomic mass is 32.2. The van der Waals surface area contributed by atoms with Crippen LogP contribution >= 0.6 is 11.8 Å². The van der Waals surface area contributed by atoms with Gasteiger partial charge < -0.3 is 11.1 Å². The van der Waals surface area contributed by atoms with Crippen molar-refractivity contribution in [1.82, 2.24) is 20.1 Å². The Balaban J connectivity index is 2.74. The molecule has 1 rings (SSSR count). The molecule has 0 bridgehead atoms. The number of nitrogens with one attached hydrogen (secondary N) is 2. The number of nitrogens with two attached hydrogens (primary N) is 1. The summed E-state index contributed by atoms with van der Waals surface area (Å²) >= 11 is 1.18. The molecule has 0 aliphatic heterocycles. The van der Waals surface area contributed by atoms with Crippen LogP contribution in [0.3, 0.4) is 0 Å². The van der Waals surface area contributed by atoms with Gasteiger partial charge in [0.25, 0.3) is 0 Å². The number of rotatable bonds is 7. The van der Waals surface area contributed by atoms with E-state index < -0.39 is 23.1 Å². The fourth-order valence-corrected chi connectivity index (χ4v) is 2.29. The molecule has 0 aliphatic carbocycles. The zero-order valence-electron chi connectivity index (χ0n) is 10.8. The van der Waals surface area contributed by atoms with Crippen LogP contribution < -0.4 is 22.2 Å². The highest BCUT2D eigenvalue weighted by Crippen LogP contribution is 2.12. The summed E-state index contributed by atoms with van der Waals surface area (Å²) in [7, 11) is 1.56. The molecule has 1 unspecified atom stereocenters. The molecule has 19 heavy (non-hydrogen) atoms. The van der Waals surface area contributed by atoms with Crippen LogP contribution in [0.2, 0.25) is 0 Å². The maximum atomic E-state index is 11.2. The number of primary amides is 1. The average Bonchev–Trinajstić information content (AvgIpc) is 2.34. The Hall–Kier alpha value is -1.61. The maximum absolute atomic E-state index is 11.2. The lowest BCUT2D eigenvalue weighted by Crippen LogP contribution is -2.43. The summed E-state index contributed by atoms with van der Waals surface area (Å²) in [5.41, 5.74) is 3.65. The van der Waals surface area contributed by atoms with Gasteiger partial charge in [-0.1, -0.05) is 18.7 Å². The number of aryl methyl sites for hydroxylation is 1. The number of carbonyl (C=O) groups is 1. The van der Waals surface area contributed by atoms with Crippen molar-refractivity contribution >= 4 is 17.7 Å². The SMILES string of the molecule is CCCNC(CSc1nc(=O)c(=O)[nH]n1C)C(N)=O. The highest BCUT2D eigenvalue weighted by Gasteiger charge is 2.16. The zero-order chi connectivity index (χ0) is 14.4. The van der Waals surface area contributed by atoms with Crippen molar-refractivity contribution < 1.29 is 4.79 Å². The molecular formula is C10H17N5O3S. The van der Waals surface area contributed by atoms with Crippen LogP contribution in [-0.4, -0.2) is 39.0 Å². The van der Waals surface area contributed by atoms with E-state index in [0.29, 0.717) is 17.5 Å². The molecule has 9 heteroatoms. The number of aromatic amines is 1. The van der Waals surface area contributed by atoms with E-state index in [-0.39, 0.29) is 0 Å². The van der Waals surface area contributed by atoms with Crippen molar-refractivity contribution in [2.75, 3.05) is 12.3 Å². The van der Waals surface area contributed by atoms with Gasteiger partial charge in [-0.05, 0) is 13.0 Å². The van der Waals surface area contributed by atoms with Crippen molar-refractivity contribution in [2.45, 2.75) is 24.5 Å². The molecule has 0 aromatic carbocycles. The number of nitrogens with zero attached hydrogens (tertiary/aromatic N) is 2. The molecule has 0 spiro atoms. The number of carbonyl (C=O) groups excluding carboxylic acids is 1. The topological polar surface area (TPSA) is 123 Å². The van der Waals surface area contributed by atoms with E-state index >= 15 is 0 Å². The van der Waals surface area contributed by atoms with E-state index in [4.69, 9.17) is 5.73 Å². The second kappa shape index (κ2) is 7.10. The van der Waals surface area contributed by atoms with E-state index in [1.165, 1.54) is 16.4 Å². The van der Waals surface area contributed by atoms with Crippen LogP contribution in [0, 0.1) is 0 Å². The van der Waals surface area contributed by atoms with E-state index in [2.05, 4.69) is 15.4 Å². The Kier molecular flexibility index (Phi) is 5.77. The number of hydrogen-bond acceptors (Lipinski definition) is 6. The lowest BCUT2D eigenvalue weighted by Gasteiger charge is -2.14. The molecule has 0 saturated heterocycles. The molecule has 0 fully saturated rings. The van der Waals surface area contributed by atoms with Crippen LogP contribution in [0.25, 0.3) is 0 Å². The Bertz CT molecular complexity index is 553. The van der Waals surface area contributed by atoms with Crippen molar-refractivity contribution in [3.63, 3.8) is 0 Å². The minimum atomic E-state index is -0.849. The van der Waals surface area contributed by atoms with Gasteiger partial charge in [-0.2, -0.15) is 4.98 Å². The normalized spacial score (nSPS) is 12.3. The van der Waals surface area contributed by atoms with Crippen molar-refractivity contribution in [1.29, 1.82) is 0 Å². The van der Waals surface area contributed by atoms with E-state index in [1.54, 1.807) is 7.05 Å². The quantitative estimate of drug-likeness (QED) is 0.410. The summed E-state index contributed by atoms with van der Waals surface area (Å²) in [6.45, 7) is 2.65. The maximum Gasteiger partial charge on any atom is 0.339 e. The first kappa shape index (κ1) is 15.4. The van der Waals surface area contributed by atoms with Gasteiger partial charge in [0.15, 0.2) is 5.16 Å². The second-order valence-corrected chi connectivity index (χ2v) is 4.91. The Labute approximate surface area is 113 Å². The summed E-state index contributed by atoms with van der Waals surface area (Å²) in [5.74, 6) is -0.128. The van der Waals surface area contributed by atoms with Gasteiger partial charge in [-0.3, -0.25) is 24.2 Å². The van der Waals surface area contributed by atoms with Crippen molar-refractivity contribution in [3.8, 4) is 0 Å². The molecule has 1 amide bonds. The Morgan fingerprint density at radius 2 is 2.26 bits per heavy atom. The van der Waals surface area contributed by atoms with Gasteiger partial charge >= 0.3 is 11.1 Å². The Morgan fingerprint density at radius 1 is 1.58 bits per heavy atom. The molecule has 106 valence electrons. The Morgan fingerprint density at radius 3 is 2.84 bits per heavy atom. The third-order valence-electron chi connectivity index (χ3n) is 2.31. The lowest BCUT2D eigenvalue weighted by molar-refractivity contribution is -0.119. The summed E-state index contributed by atoms with van der Waals surface area (Å²) in [6.07, 6.45) is 0.879. The first-order valence-electron chi connectivity index (χ1n) is 5.78. The molecule has 1 heterocycles. The van der Waals surface area contributed by atoms with Crippen LogP contribution in [0.15, 0.2) is 14.7 Å². The zero-order valence-corrected chi connectivity index (χ0v) is 11.6. The highest BCUT2D eigenvalue weighted by molar-refractivity contribution is 7.99. The first-order valence-corrected chi connectivity index (χ1v) is 6.77. The van der Waals surface area contributed by atoms with E-state index in [9.17, 15) is 14.4 Å². The molecule has 0 radical (unpaired) electrons. The number of thioether (sulfide) groups is 1. The summed E-state index contributed by atoms with van der Waals surface area (Å²) in [4.78, 5) is 37.0. The van der Waals surface area contributed by atoms with Crippen LogP contribution in [0.4, 0.5) is 0 Å². The molecule has 1 aromatic rings. The number of amides is 1. The molecule has 0 aliphatic rings. The fourth-order valence-electron chi connectivity index (χ4n) is 1.31. The standard InChI is InChI=1S/C10H17N5O3S/c1-3-4-12-6(7(11)16)5-19-10-13-8(17)9(18)14-15(10)2/h6,12H,3-5H2,1-2H3,(H2,11,16)(H,14,18). The molecule has 1 aromatic heterocycles. The summed E-state index contributed by atoms with van der Waals surface area (Å²) in [5, 5.41) is 5.66. The fraction of sp³-hybridized carbons (Fsp3) is 0.600. The molecule has 8 nitrogen and oxygen atoms in total. The van der Waals surface area contributed by atoms with Crippen LogP contribution in [0.1, 0.15) is 13.3 Å². The summed E-state index contributed by atoms with van der Waals surface area (Å²) < 4.78 is 1.34. The van der Waals surface area contributed by atoms with Crippen molar-refractivity contribution in [2.24, 2.45) is 12.8 Å². The number of H-pyrrole nitrogens is 1. The largest absolute Gasteiger partial charge is 0.368 e. The van der Waals surface area contributed by atoms with Gasteiger partial charge in [0.05, 0.1) is 6.04 Å². The molecule has 1 atom stereocenters. The van der Waals surface area contributed by atoms with Gasteiger partial charge in [-0.25, -0.2) is 0 Å². The van der Waals surface area contributed by atoms with Crippen LogP contribution in [-0.2, 0) is 11.8 Å². The predicted octanol–water partition coefficient (Wildman–Crippen LogP) is -1.59. The smallest absolute Gasteiger partial charge is 0.339 e. The molecular weight excluding hydrogens is 270 g/mol. The van der Waals surface area contributed by atoms with E-state index in [0.717, 1.165) is 6.42 Å². The second-order valence-electron chi connectivity index (χ2n) is 3.92. The van der Waals surface area contributed by atoms with Gasteiger partial charge in [0.1, 0.15) is 0 Å². The van der Waals surface area contributed by atoms with Crippen molar-refractivity contribution in [3.05, 3.63) is 20.7 Å². The minimum Gasteiger partial charge on any atom is -0.368 e. The summed E-state index contributed by atoms with van der Waals surface area (Å²) in [6, 6.07) is -0.506. The monoisotopic (exact) mass is 287 g/mol. The first-order chi connectivity index (χ1) is 8.95. The van der Waals surface area contributed by atoms with Gasteiger partial charge in [0.2, 0.25) is 5.91 Å². The predicted molar refractivity (Wildman–Crippen MR) is 72.1 cm³/mol. The van der Waals surface area contributed by atoms with Gasteiger partial charge in [-0.15, -0.1) is 0 Å². The third-order valence-corrected chi connectivity index (χ3v) is 3.43. The lowest BCUT2D eigenvalue weighted by atomic mass is 10.3. The minimum absolute atomic E-state index is 0.328. The van der Waals surface area contributed by atoms with Crippen LogP contribution in [0.5, 0.6) is 0 Å². The molecule has 0 saturated carbocycles. The van der Waals surface area contributed by atoms with E-state index in [1.807, 2.05) is 6.92 Å². The average molecular weight is 287 g/mol.